The molecule has 0 bridgehead atoms. The quantitative estimate of drug-likeness (QED) is 0.438. The van der Waals surface area contributed by atoms with E-state index in [2.05, 4.69) is 17.8 Å². The van der Waals surface area contributed by atoms with Gasteiger partial charge >= 0.3 is 0 Å². The number of rotatable bonds is 7. The van der Waals surface area contributed by atoms with Crippen LogP contribution in [0.1, 0.15) is 51.9 Å². The van der Waals surface area contributed by atoms with E-state index in [4.69, 9.17) is 0 Å². The summed E-state index contributed by atoms with van der Waals surface area (Å²) in [6, 6.07) is 0. The van der Waals surface area contributed by atoms with Gasteiger partial charge in [0.05, 0.1) is 6.17 Å². The SMILES string of the molecule is CCCCCCCCC1NN1. The first-order chi connectivity index (χ1) is 5.43. The van der Waals surface area contributed by atoms with Crippen molar-refractivity contribution >= 4 is 0 Å². The predicted molar refractivity (Wildman–Crippen MR) is 48.1 cm³/mol. The summed E-state index contributed by atoms with van der Waals surface area (Å²) in [6.45, 7) is 2.26. The van der Waals surface area contributed by atoms with Gasteiger partial charge in [-0.2, -0.15) is 0 Å². The van der Waals surface area contributed by atoms with E-state index < -0.39 is 0 Å². The molecule has 1 aliphatic rings. The van der Waals surface area contributed by atoms with Crippen molar-refractivity contribution in [2.45, 2.75) is 58.0 Å². The molecule has 0 aromatic heterocycles. The van der Waals surface area contributed by atoms with E-state index in [-0.39, 0.29) is 0 Å². The monoisotopic (exact) mass is 156 g/mol. The first-order valence-corrected chi connectivity index (χ1v) is 4.94. The molecule has 0 atom stereocenters. The third-order valence-electron chi connectivity index (χ3n) is 2.19. The lowest BCUT2D eigenvalue weighted by Gasteiger charge is -1.97. The Morgan fingerprint density at radius 1 is 0.909 bits per heavy atom. The van der Waals surface area contributed by atoms with Gasteiger partial charge in [0.25, 0.3) is 0 Å². The van der Waals surface area contributed by atoms with Crippen LogP contribution < -0.4 is 10.9 Å². The minimum absolute atomic E-state index is 0.654. The molecule has 0 aliphatic carbocycles. The van der Waals surface area contributed by atoms with E-state index in [1.165, 1.54) is 44.9 Å². The highest BCUT2D eigenvalue weighted by atomic mass is 15.6. The van der Waals surface area contributed by atoms with Crippen LogP contribution in [0.3, 0.4) is 0 Å². The van der Waals surface area contributed by atoms with Crippen LogP contribution in [0.5, 0.6) is 0 Å². The van der Waals surface area contributed by atoms with Crippen LogP contribution >= 0.6 is 0 Å². The number of hydrogen-bond donors (Lipinski definition) is 2. The standard InChI is InChI=1S/C9H20N2/c1-2-3-4-5-6-7-8-9-10-11-9/h9-11H,2-8H2,1H3. The predicted octanol–water partition coefficient (Wildman–Crippen LogP) is 2.17. The normalized spacial score (nSPS) is 17.2. The van der Waals surface area contributed by atoms with Gasteiger partial charge in [0.15, 0.2) is 0 Å². The van der Waals surface area contributed by atoms with Crippen molar-refractivity contribution in [3.8, 4) is 0 Å². The zero-order valence-corrected chi connectivity index (χ0v) is 7.53. The molecular formula is C9H20N2. The lowest BCUT2D eigenvalue weighted by atomic mass is 10.1. The van der Waals surface area contributed by atoms with Crippen molar-refractivity contribution < 1.29 is 0 Å². The fourth-order valence-corrected chi connectivity index (χ4v) is 1.33. The van der Waals surface area contributed by atoms with E-state index >= 15 is 0 Å². The van der Waals surface area contributed by atoms with Crippen LogP contribution in [0.15, 0.2) is 0 Å². The summed E-state index contributed by atoms with van der Waals surface area (Å²) in [7, 11) is 0. The second kappa shape index (κ2) is 5.56. The number of hydrogen-bond acceptors (Lipinski definition) is 2. The second-order valence-corrected chi connectivity index (χ2v) is 3.40. The Labute approximate surface area is 69.7 Å². The molecule has 66 valence electrons. The Morgan fingerprint density at radius 3 is 2.18 bits per heavy atom. The van der Waals surface area contributed by atoms with Crippen molar-refractivity contribution in [3.05, 3.63) is 0 Å². The van der Waals surface area contributed by atoms with Gasteiger partial charge in [-0.1, -0.05) is 45.4 Å². The fourth-order valence-electron chi connectivity index (χ4n) is 1.33. The lowest BCUT2D eigenvalue weighted by Crippen LogP contribution is -1.91. The van der Waals surface area contributed by atoms with Crippen molar-refractivity contribution in [3.63, 3.8) is 0 Å². The highest BCUT2D eigenvalue weighted by molar-refractivity contribution is 4.70. The summed E-state index contributed by atoms with van der Waals surface area (Å²) >= 11 is 0. The smallest absolute Gasteiger partial charge is 0.0833 e. The maximum absolute atomic E-state index is 3.09. The van der Waals surface area contributed by atoms with Gasteiger partial charge in [-0.15, -0.1) is 0 Å². The van der Waals surface area contributed by atoms with Crippen molar-refractivity contribution in [2.24, 2.45) is 0 Å². The van der Waals surface area contributed by atoms with Gasteiger partial charge in [-0.3, -0.25) is 0 Å². The van der Waals surface area contributed by atoms with Crippen molar-refractivity contribution in [1.82, 2.24) is 10.9 Å². The molecule has 11 heavy (non-hydrogen) atoms. The van der Waals surface area contributed by atoms with Crippen LogP contribution in [0.25, 0.3) is 0 Å². The van der Waals surface area contributed by atoms with E-state index in [9.17, 15) is 0 Å². The average molecular weight is 156 g/mol. The molecule has 0 aromatic rings. The summed E-state index contributed by atoms with van der Waals surface area (Å²) in [6.07, 6.45) is 10.4. The Morgan fingerprint density at radius 2 is 1.55 bits per heavy atom. The molecule has 2 nitrogen and oxygen atoms in total. The van der Waals surface area contributed by atoms with Gasteiger partial charge in [0.2, 0.25) is 0 Å². The second-order valence-electron chi connectivity index (χ2n) is 3.40. The molecule has 0 radical (unpaired) electrons. The van der Waals surface area contributed by atoms with Gasteiger partial charge < -0.3 is 0 Å². The largest absolute Gasteiger partial charge is 0.238 e. The maximum atomic E-state index is 3.09. The van der Waals surface area contributed by atoms with Crippen LogP contribution in [0, 0.1) is 0 Å². The van der Waals surface area contributed by atoms with Gasteiger partial charge in [0.1, 0.15) is 0 Å². The third kappa shape index (κ3) is 5.22. The molecule has 0 unspecified atom stereocenters. The Hall–Kier alpha value is -0.0800. The molecule has 1 heterocycles. The Balaban J connectivity index is 1.66. The zero-order chi connectivity index (χ0) is 7.94. The van der Waals surface area contributed by atoms with Crippen LogP contribution in [-0.2, 0) is 0 Å². The molecule has 1 saturated heterocycles. The summed E-state index contributed by atoms with van der Waals surface area (Å²) < 4.78 is 0. The minimum Gasteiger partial charge on any atom is -0.238 e. The van der Waals surface area contributed by atoms with E-state index in [1.807, 2.05) is 0 Å². The van der Waals surface area contributed by atoms with Gasteiger partial charge in [0, 0.05) is 0 Å². The van der Waals surface area contributed by atoms with Gasteiger partial charge in [-0.25, -0.2) is 10.9 Å². The molecule has 1 fully saturated rings. The fraction of sp³-hybridized carbons (Fsp3) is 1.00. The van der Waals surface area contributed by atoms with Crippen LogP contribution in [-0.4, -0.2) is 6.17 Å². The molecule has 1 rings (SSSR count). The van der Waals surface area contributed by atoms with Crippen LogP contribution in [0.2, 0.25) is 0 Å². The first-order valence-electron chi connectivity index (χ1n) is 4.94. The Bertz CT molecular complexity index is 89.6. The third-order valence-corrected chi connectivity index (χ3v) is 2.19. The lowest BCUT2D eigenvalue weighted by molar-refractivity contribution is 0.584. The van der Waals surface area contributed by atoms with Crippen molar-refractivity contribution in [2.75, 3.05) is 0 Å². The molecule has 0 saturated carbocycles. The minimum atomic E-state index is 0.654. The molecule has 0 spiro atoms. The van der Waals surface area contributed by atoms with E-state index in [0.717, 1.165) is 0 Å². The highest BCUT2D eigenvalue weighted by Crippen LogP contribution is 2.09. The molecule has 0 aromatic carbocycles. The van der Waals surface area contributed by atoms with E-state index in [1.54, 1.807) is 0 Å². The molecular weight excluding hydrogens is 136 g/mol. The number of hydrazine groups is 1. The molecule has 2 heteroatoms. The van der Waals surface area contributed by atoms with Gasteiger partial charge in [-0.05, 0) is 6.42 Å². The molecule has 2 N–H and O–H groups in total. The topological polar surface area (TPSA) is 43.9 Å². The molecule has 0 amide bonds. The van der Waals surface area contributed by atoms with Crippen LogP contribution in [0.4, 0.5) is 0 Å². The molecule has 1 aliphatic heterocycles. The Kier molecular flexibility index (Phi) is 4.55. The summed E-state index contributed by atoms with van der Waals surface area (Å²) in [5, 5.41) is 0. The zero-order valence-electron chi connectivity index (χ0n) is 7.53. The number of unbranched alkanes of at least 4 members (excludes halogenated alkanes) is 5. The summed E-state index contributed by atoms with van der Waals surface area (Å²) in [5.74, 6) is 0. The number of nitrogens with one attached hydrogen (secondary N) is 2. The summed E-state index contributed by atoms with van der Waals surface area (Å²) in [5.41, 5.74) is 6.17. The highest BCUT2D eigenvalue weighted by Gasteiger charge is 2.16. The first kappa shape index (κ1) is 9.01. The van der Waals surface area contributed by atoms with E-state index in [0.29, 0.717) is 6.17 Å². The van der Waals surface area contributed by atoms with Crippen molar-refractivity contribution in [1.29, 1.82) is 0 Å². The average Bonchev–Trinajstić information content (AvgIpc) is 2.80. The maximum Gasteiger partial charge on any atom is 0.0833 e. The summed E-state index contributed by atoms with van der Waals surface area (Å²) in [4.78, 5) is 0.